The third-order valence-corrected chi connectivity index (χ3v) is 6.29. The molecule has 1 aromatic carbocycles. The number of nitrogens with zero attached hydrogens (tertiary/aromatic N) is 6. The van der Waals surface area contributed by atoms with E-state index in [1.54, 1.807) is 23.2 Å². The van der Waals surface area contributed by atoms with Crippen molar-refractivity contribution in [2.24, 2.45) is 0 Å². The molecule has 37 heavy (non-hydrogen) atoms. The molecule has 0 aliphatic carbocycles. The number of ether oxygens (including phenoxy) is 1. The van der Waals surface area contributed by atoms with Crippen molar-refractivity contribution in [1.29, 1.82) is 0 Å². The maximum atomic E-state index is 13.4. The number of rotatable bonds is 5. The quantitative estimate of drug-likeness (QED) is 0.426. The lowest BCUT2D eigenvalue weighted by Crippen LogP contribution is -2.40. The zero-order valence-electron chi connectivity index (χ0n) is 21.5. The van der Waals surface area contributed by atoms with Crippen molar-refractivity contribution >= 4 is 6.09 Å². The Bertz CT molecular complexity index is 1420. The van der Waals surface area contributed by atoms with Crippen LogP contribution in [0, 0.1) is 5.82 Å². The standard InChI is InChI=1S/C27H30FN7O2/c1-5-21-22(32-33-25(21)17-6-8-19(28)9-7-17)12-20-13-24(30-16-29-20)35-23-10-11-34(15-18(23)14-31-35)26(36)37-27(2,3)4/h6-9,13-14,16H,5,10-12,15H2,1-4H3,(H,32,33). The van der Waals surface area contributed by atoms with Gasteiger partial charge in [0.1, 0.15) is 17.7 Å². The largest absolute Gasteiger partial charge is 0.444 e. The van der Waals surface area contributed by atoms with Crippen LogP contribution < -0.4 is 0 Å². The van der Waals surface area contributed by atoms with Crippen molar-refractivity contribution in [2.45, 2.75) is 59.1 Å². The van der Waals surface area contributed by atoms with Gasteiger partial charge in [-0.05, 0) is 51.5 Å². The third kappa shape index (κ3) is 5.23. The highest BCUT2D eigenvalue weighted by Crippen LogP contribution is 2.27. The second-order valence-corrected chi connectivity index (χ2v) is 10.1. The summed E-state index contributed by atoms with van der Waals surface area (Å²) in [6.07, 6.45) is 4.97. The van der Waals surface area contributed by atoms with Crippen molar-refractivity contribution in [2.75, 3.05) is 6.54 Å². The Kier molecular flexibility index (Phi) is 6.49. The molecule has 1 N–H and O–H groups in total. The van der Waals surface area contributed by atoms with Crippen molar-refractivity contribution in [3.63, 3.8) is 0 Å². The predicted octanol–water partition coefficient (Wildman–Crippen LogP) is 4.64. The third-order valence-electron chi connectivity index (χ3n) is 6.29. The molecule has 4 heterocycles. The lowest BCUT2D eigenvalue weighted by molar-refractivity contribution is 0.0223. The highest BCUT2D eigenvalue weighted by atomic mass is 19.1. The summed E-state index contributed by atoms with van der Waals surface area (Å²) in [4.78, 5) is 23.1. The Morgan fingerprint density at radius 3 is 2.70 bits per heavy atom. The van der Waals surface area contributed by atoms with E-state index in [0.717, 1.165) is 45.9 Å². The van der Waals surface area contributed by atoms with E-state index >= 15 is 0 Å². The minimum Gasteiger partial charge on any atom is -0.444 e. The van der Waals surface area contributed by atoms with E-state index in [2.05, 4.69) is 32.2 Å². The molecule has 10 heteroatoms. The number of aromatic nitrogens is 6. The summed E-state index contributed by atoms with van der Waals surface area (Å²) in [5.41, 5.74) is 6.01. The molecule has 0 saturated carbocycles. The second kappa shape index (κ2) is 9.76. The minimum absolute atomic E-state index is 0.274. The van der Waals surface area contributed by atoms with Gasteiger partial charge in [0.15, 0.2) is 5.82 Å². The average Bonchev–Trinajstić information content (AvgIpc) is 3.47. The second-order valence-electron chi connectivity index (χ2n) is 10.1. The fraction of sp³-hybridized carbons (Fsp3) is 0.370. The lowest BCUT2D eigenvalue weighted by atomic mass is 10.0. The molecule has 0 spiro atoms. The molecule has 9 nitrogen and oxygen atoms in total. The molecule has 5 rings (SSSR count). The van der Waals surface area contributed by atoms with Crippen molar-refractivity contribution < 1.29 is 13.9 Å². The Hall–Kier alpha value is -4.08. The van der Waals surface area contributed by atoms with Crippen LogP contribution in [0.15, 0.2) is 42.9 Å². The van der Waals surface area contributed by atoms with Gasteiger partial charge in [0.2, 0.25) is 0 Å². The fourth-order valence-corrected chi connectivity index (χ4v) is 4.57. The molecule has 1 amide bonds. The summed E-state index contributed by atoms with van der Waals surface area (Å²) in [6, 6.07) is 8.28. The first-order chi connectivity index (χ1) is 17.7. The summed E-state index contributed by atoms with van der Waals surface area (Å²) >= 11 is 0. The number of nitrogens with one attached hydrogen (secondary N) is 1. The number of halogens is 1. The van der Waals surface area contributed by atoms with Gasteiger partial charge >= 0.3 is 6.09 Å². The number of carbonyl (C=O) groups is 1. The van der Waals surface area contributed by atoms with Crippen molar-refractivity contribution in [3.05, 3.63) is 76.9 Å². The van der Waals surface area contributed by atoms with E-state index in [9.17, 15) is 9.18 Å². The van der Waals surface area contributed by atoms with Gasteiger partial charge in [0, 0.05) is 47.8 Å². The van der Waals surface area contributed by atoms with Crippen molar-refractivity contribution in [3.8, 4) is 17.1 Å². The maximum Gasteiger partial charge on any atom is 0.410 e. The van der Waals surface area contributed by atoms with E-state index in [-0.39, 0.29) is 11.9 Å². The van der Waals surface area contributed by atoms with Crippen LogP contribution in [-0.2, 0) is 30.5 Å². The van der Waals surface area contributed by atoms with E-state index in [1.807, 2.05) is 31.5 Å². The van der Waals surface area contributed by atoms with Crippen LogP contribution in [0.25, 0.3) is 17.1 Å². The minimum atomic E-state index is -0.537. The van der Waals surface area contributed by atoms with Gasteiger partial charge in [0.25, 0.3) is 0 Å². The number of aromatic amines is 1. The summed E-state index contributed by atoms with van der Waals surface area (Å²) in [5, 5.41) is 12.2. The fourth-order valence-electron chi connectivity index (χ4n) is 4.57. The molecule has 1 aliphatic heterocycles. The Morgan fingerprint density at radius 1 is 1.19 bits per heavy atom. The highest BCUT2D eigenvalue weighted by Gasteiger charge is 2.28. The molecule has 3 aromatic heterocycles. The molecule has 1 aliphatic rings. The summed E-state index contributed by atoms with van der Waals surface area (Å²) < 4.78 is 20.7. The molecule has 0 radical (unpaired) electrons. The smallest absolute Gasteiger partial charge is 0.410 e. The van der Waals surface area contributed by atoms with Crippen LogP contribution in [0.1, 0.15) is 55.9 Å². The number of hydrogen-bond donors (Lipinski definition) is 1. The van der Waals surface area contributed by atoms with E-state index in [1.165, 1.54) is 18.5 Å². The van der Waals surface area contributed by atoms with Gasteiger partial charge in [-0.3, -0.25) is 5.10 Å². The van der Waals surface area contributed by atoms with Crippen LogP contribution in [0.3, 0.4) is 0 Å². The Morgan fingerprint density at radius 2 is 1.97 bits per heavy atom. The molecular weight excluding hydrogens is 473 g/mol. The van der Waals surface area contributed by atoms with Crippen LogP contribution >= 0.6 is 0 Å². The number of benzene rings is 1. The van der Waals surface area contributed by atoms with Crippen LogP contribution in [0.2, 0.25) is 0 Å². The van der Waals surface area contributed by atoms with Gasteiger partial charge in [-0.15, -0.1) is 0 Å². The topological polar surface area (TPSA) is 102 Å². The van der Waals surface area contributed by atoms with Crippen molar-refractivity contribution in [1.82, 2.24) is 34.8 Å². The monoisotopic (exact) mass is 503 g/mol. The van der Waals surface area contributed by atoms with E-state index in [0.29, 0.717) is 31.7 Å². The normalized spacial score (nSPS) is 13.5. The molecule has 0 atom stereocenters. The van der Waals surface area contributed by atoms with Gasteiger partial charge in [-0.25, -0.2) is 23.8 Å². The van der Waals surface area contributed by atoms with Gasteiger partial charge in [-0.2, -0.15) is 10.2 Å². The van der Waals surface area contributed by atoms with Gasteiger partial charge in [0.05, 0.1) is 29.8 Å². The first kappa shape index (κ1) is 24.6. The van der Waals surface area contributed by atoms with Crippen LogP contribution in [0.5, 0.6) is 0 Å². The maximum absolute atomic E-state index is 13.4. The molecule has 0 unspecified atom stereocenters. The lowest BCUT2D eigenvalue weighted by Gasteiger charge is -2.30. The predicted molar refractivity (Wildman–Crippen MR) is 136 cm³/mol. The first-order valence-corrected chi connectivity index (χ1v) is 12.4. The van der Waals surface area contributed by atoms with Crippen LogP contribution in [0.4, 0.5) is 9.18 Å². The molecular formula is C27H30FN7O2. The van der Waals surface area contributed by atoms with E-state index in [4.69, 9.17) is 4.74 Å². The molecule has 0 fully saturated rings. The number of H-pyrrole nitrogens is 1. The SMILES string of the molecule is CCc1c(-c2ccc(F)cc2)n[nH]c1Cc1cc(-n2ncc3c2CCN(C(=O)OC(C)(C)C)C3)ncn1. The van der Waals surface area contributed by atoms with Gasteiger partial charge in [-0.1, -0.05) is 6.92 Å². The Balaban J connectivity index is 1.36. The highest BCUT2D eigenvalue weighted by molar-refractivity contribution is 5.68. The van der Waals surface area contributed by atoms with Crippen LogP contribution in [-0.4, -0.2) is 53.1 Å². The molecule has 192 valence electrons. The zero-order valence-corrected chi connectivity index (χ0v) is 21.5. The average molecular weight is 504 g/mol. The van der Waals surface area contributed by atoms with E-state index < -0.39 is 5.60 Å². The molecule has 4 aromatic rings. The summed E-state index contributed by atoms with van der Waals surface area (Å²) in [6.45, 7) is 8.65. The number of fused-ring (bicyclic) bond motifs is 1. The molecule has 0 bridgehead atoms. The van der Waals surface area contributed by atoms with Gasteiger partial charge < -0.3 is 9.64 Å². The summed E-state index contributed by atoms with van der Waals surface area (Å²) in [5.74, 6) is 0.401. The summed E-state index contributed by atoms with van der Waals surface area (Å²) in [7, 11) is 0. The zero-order chi connectivity index (χ0) is 26.2. The Labute approximate surface area is 214 Å². The number of hydrogen-bond acceptors (Lipinski definition) is 6. The number of carbonyl (C=O) groups excluding carboxylic acids is 1. The number of amides is 1. The first-order valence-electron chi connectivity index (χ1n) is 12.4. The molecule has 0 saturated heterocycles.